The molecule has 8 nitrogen and oxygen atoms in total. The maximum Gasteiger partial charge on any atom is 0.475 e. The van der Waals surface area contributed by atoms with Crippen LogP contribution in [0.4, 0.5) is 0 Å². The van der Waals surface area contributed by atoms with E-state index in [4.69, 9.17) is 34.2 Å². The van der Waals surface area contributed by atoms with Crippen LogP contribution in [-0.2, 0) is 31.7 Å². The van der Waals surface area contributed by atoms with Gasteiger partial charge in [0.2, 0.25) is 0 Å². The largest absolute Gasteiger partial charge is 0.475 e. The Morgan fingerprint density at radius 2 is 1.24 bits per heavy atom. The molecule has 0 saturated heterocycles. The van der Waals surface area contributed by atoms with E-state index in [1.165, 1.54) is 38.5 Å². The highest BCUT2D eigenvalue weighted by molar-refractivity contribution is 7.55. The molecule has 0 aliphatic heterocycles. The number of phosphoric acid groups is 1. The normalized spacial score (nSPS) is 13.3. The van der Waals surface area contributed by atoms with Crippen molar-refractivity contribution in [2.24, 2.45) is 0 Å². The lowest BCUT2D eigenvalue weighted by Crippen LogP contribution is -2.09. The van der Waals surface area contributed by atoms with E-state index in [1.54, 1.807) is 24.3 Å². The molecule has 0 aliphatic carbocycles. The van der Waals surface area contributed by atoms with E-state index in [0.717, 1.165) is 14.2 Å². The lowest BCUT2D eigenvalue weighted by atomic mass is 10.0. The van der Waals surface area contributed by atoms with Gasteiger partial charge in [-0.15, -0.1) is 0 Å². The van der Waals surface area contributed by atoms with E-state index < -0.39 is 21.3 Å². The van der Waals surface area contributed by atoms with E-state index in [9.17, 15) is 13.9 Å². The minimum absolute atomic E-state index is 0.230. The fraction of sp³-hybridized carbons (Fsp3) is 0.278. The SMILES string of the molecule is COP(=O)(OC)OC(c1ccc(C(=O)c2ccc(Cl)cc2)cc1)P(=O)(OC)OC. The molecule has 0 radical (unpaired) electrons. The number of phosphoric ester groups is 1. The van der Waals surface area contributed by atoms with Crippen molar-refractivity contribution in [3.8, 4) is 0 Å². The predicted molar refractivity (Wildman–Crippen MR) is 108 cm³/mol. The lowest BCUT2D eigenvalue weighted by Gasteiger charge is -2.27. The summed E-state index contributed by atoms with van der Waals surface area (Å²) in [6.45, 7) is 0. The smallest absolute Gasteiger partial charge is 0.310 e. The average Bonchev–Trinajstić information content (AvgIpc) is 2.77. The van der Waals surface area contributed by atoms with Gasteiger partial charge >= 0.3 is 15.4 Å². The molecule has 0 saturated carbocycles. The van der Waals surface area contributed by atoms with Crippen LogP contribution in [0.15, 0.2) is 48.5 Å². The highest BCUT2D eigenvalue weighted by atomic mass is 35.5. The molecule has 0 spiro atoms. The number of carbonyl (C=O) groups is 1. The number of hydrogen-bond acceptors (Lipinski definition) is 8. The van der Waals surface area contributed by atoms with E-state index in [0.29, 0.717) is 21.7 Å². The summed E-state index contributed by atoms with van der Waals surface area (Å²) >= 11 is 5.85. The number of benzene rings is 2. The second kappa shape index (κ2) is 10.1. The Kier molecular flexibility index (Phi) is 8.35. The van der Waals surface area contributed by atoms with Crippen molar-refractivity contribution in [3.05, 3.63) is 70.2 Å². The standard InChI is InChI=1S/C18H21ClO8P2/c1-23-28(21,24-2)18(27-29(22,25-3)26-4)15-7-5-13(6-8-15)17(20)14-9-11-16(19)12-10-14/h5-12,18H,1-4H3. The molecule has 0 aromatic heterocycles. The summed E-state index contributed by atoms with van der Waals surface area (Å²) in [4.78, 5) is 12.6. The molecule has 2 rings (SSSR count). The zero-order chi connectivity index (χ0) is 21.7. The zero-order valence-corrected chi connectivity index (χ0v) is 18.8. The monoisotopic (exact) mass is 462 g/mol. The van der Waals surface area contributed by atoms with E-state index in [1.807, 2.05) is 0 Å². The highest BCUT2D eigenvalue weighted by Crippen LogP contribution is 2.66. The molecule has 158 valence electrons. The molecule has 1 unspecified atom stereocenters. The number of rotatable bonds is 10. The summed E-state index contributed by atoms with van der Waals surface area (Å²) in [6, 6.07) is 12.5. The molecular weight excluding hydrogens is 442 g/mol. The van der Waals surface area contributed by atoms with Crippen LogP contribution in [0.25, 0.3) is 0 Å². The molecule has 29 heavy (non-hydrogen) atoms. The maximum absolute atomic E-state index is 13.0. The van der Waals surface area contributed by atoms with Crippen LogP contribution in [0, 0.1) is 0 Å². The minimum Gasteiger partial charge on any atom is -0.310 e. The van der Waals surface area contributed by atoms with Crippen molar-refractivity contribution in [2.75, 3.05) is 28.4 Å². The molecule has 11 heteroatoms. The third-order valence-corrected chi connectivity index (χ3v) is 7.81. The lowest BCUT2D eigenvalue weighted by molar-refractivity contribution is 0.103. The van der Waals surface area contributed by atoms with Gasteiger partial charge in [-0.1, -0.05) is 35.9 Å². The average molecular weight is 463 g/mol. The molecular formula is C18H21ClO8P2. The molecule has 0 heterocycles. The van der Waals surface area contributed by atoms with Crippen LogP contribution in [-0.4, -0.2) is 34.2 Å². The molecule has 2 aromatic rings. The third kappa shape index (κ3) is 5.63. The Labute approximate surface area is 174 Å². The Balaban J connectivity index is 2.39. The number of halogens is 1. The summed E-state index contributed by atoms with van der Waals surface area (Å²) in [5.74, 6) is -1.64. The molecule has 0 amide bonds. The maximum atomic E-state index is 13.0. The third-order valence-electron chi connectivity index (χ3n) is 4.04. The van der Waals surface area contributed by atoms with Gasteiger partial charge in [-0.3, -0.25) is 22.9 Å². The Bertz CT molecular complexity index is 914. The van der Waals surface area contributed by atoms with Gasteiger partial charge in [-0.25, -0.2) is 4.57 Å². The number of hydrogen-bond donors (Lipinski definition) is 0. The molecule has 0 aliphatic rings. The van der Waals surface area contributed by atoms with Gasteiger partial charge in [0.15, 0.2) is 11.6 Å². The van der Waals surface area contributed by atoms with Crippen molar-refractivity contribution in [1.82, 2.24) is 0 Å². The van der Waals surface area contributed by atoms with E-state index in [-0.39, 0.29) is 5.78 Å². The van der Waals surface area contributed by atoms with Gasteiger partial charge in [0.05, 0.1) is 0 Å². The second-order valence-corrected chi connectivity index (χ2v) is 10.2. The summed E-state index contributed by atoms with van der Waals surface area (Å²) in [6.07, 6.45) is 0. The fourth-order valence-corrected chi connectivity index (χ4v) is 5.11. The Hall–Kier alpha value is -1.34. The second-order valence-electron chi connectivity index (χ2n) is 5.63. The van der Waals surface area contributed by atoms with Gasteiger partial charge in [-0.05, 0) is 29.8 Å². The molecule has 0 N–H and O–H groups in total. The summed E-state index contributed by atoms with van der Waals surface area (Å²) in [7, 11) is -3.32. The minimum atomic E-state index is -4.02. The number of ketones is 1. The van der Waals surface area contributed by atoms with Crippen molar-refractivity contribution >= 4 is 32.8 Å². The van der Waals surface area contributed by atoms with Crippen molar-refractivity contribution in [2.45, 2.75) is 5.85 Å². The first-order valence-corrected chi connectivity index (χ1v) is 11.7. The fourth-order valence-electron chi connectivity index (χ4n) is 2.42. The van der Waals surface area contributed by atoms with Gasteiger partial charge in [0, 0.05) is 44.6 Å². The first-order chi connectivity index (χ1) is 13.7. The predicted octanol–water partition coefficient (Wildman–Crippen LogP) is 5.47. The van der Waals surface area contributed by atoms with Crippen molar-refractivity contribution in [1.29, 1.82) is 0 Å². The molecule has 0 fully saturated rings. The van der Waals surface area contributed by atoms with Gasteiger partial charge < -0.3 is 9.05 Å². The van der Waals surface area contributed by atoms with Crippen LogP contribution < -0.4 is 0 Å². The first-order valence-electron chi connectivity index (χ1n) is 8.23. The quantitative estimate of drug-likeness (QED) is 0.338. The van der Waals surface area contributed by atoms with Crippen LogP contribution in [0.5, 0.6) is 0 Å². The topological polar surface area (TPSA) is 97.4 Å². The van der Waals surface area contributed by atoms with Crippen LogP contribution >= 0.6 is 27.0 Å². The summed E-state index contributed by atoms with van der Waals surface area (Å²) in [5, 5.41) is 0.521. The first kappa shape index (κ1) is 23.9. The Morgan fingerprint density at radius 3 is 1.66 bits per heavy atom. The molecule has 1 atom stereocenters. The van der Waals surface area contributed by atoms with Crippen LogP contribution in [0.3, 0.4) is 0 Å². The van der Waals surface area contributed by atoms with Crippen molar-refractivity contribution < 1.29 is 36.5 Å². The van der Waals surface area contributed by atoms with Gasteiger partial charge in [-0.2, -0.15) is 0 Å². The Morgan fingerprint density at radius 1 is 0.793 bits per heavy atom. The molecule has 0 bridgehead atoms. The van der Waals surface area contributed by atoms with Crippen LogP contribution in [0.2, 0.25) is 5.02 Å². The molecule has 2 aromatic carbocycles. The van der Waals surface area contributed by atoms with Crippen molar-refractivity contribution in [3.63, 3.8) is 0 Å². The van der Waals surface area contributed by atoms with Gasteiger partial charge in [0.1, 0.15) is 0 Å². The summed E-state index contributed by atoms with van der Waals surface area (Å²) in [5.41, 5.74) is 1.12. The van der Waals surface area contributed by atoms with Gasteiger partial charge in [0.25, 0.3) is 0 Å². The zero-order valence-electron chi connectivity index (χ0n) is 16.2. The van der Waals surface area contributed by atoms with Crippen LogP contribution in [0.1, 0.15) is 27.3 Å². The summed E-state index contributed by atoms with van der Waals surface area (Å²) < 4.78 is 50.3. The highest BCUT2D eigenvalue weighted by Gasteiger charge is 2.42. The van der Waals surface area contributed by atoms with E-state index >= 15 is 0 Å². The van der Waals surface area contributed by atoms with E-state index in [2.05, 4.69) is 0 Å². The number of carbonyl (C=O) groups excluding carboxylic acids is 1.